The number of sulfonamides is 1. The van der Waals surface area contributed by atoms with Crippen molar-refractivity contribution in [3.05, 3.63) is 129 Å². The second-order valence-corrected chi connectivity index (χ2v) is 14.8. The van der Waals surface area contributed by atoms with Gasteiger partial charge in [0.2, 0.25) is 11.8 Å². The first-order chi connectivity index (χ1) is 22.6. The predicted molar refractivity (Wildman–Crippen MR) is 188 cm³/mol. The summed E-state index contributed by atoms with van der Waals surface area (Å²) in [5.41, 5.74) is 1.59. The largest absolute Gasteiger partial charge is 0.352 e. The molecule has 2 amide bonds. The van der Waals surface area contributed by atoms with Gasteiger partial charge in [0.05, 0.1) is 15.6 Å². The molecule has 4 aromatic carbocycles. The Hall–Kier alpha value is -3.56. The Morgan fingerprint density at radius 2 is 1.40 bits per heavy atom. The standard InChI is InChI=1S/C36H36Cl3N3O4S/c37-28-14-10-13-27(21-28)24-41(34(22-26-11-4-1-5-12-26)36(44)40-30-15-6-2-7-16-30)35(43)25-42(33-23-29(38)19-20-32(33)39)47(45,46)31-17-8-3-9-18-31/h1,3-5,8-14,17-21,23,30,34H,2,6-7,15-16,22,24-25H2,(H,40,44)/t34-/m1/s1. The zero-order chi connectivity index (χ0) is 33.4. The van der Waals surface area contributed by atoms with E-state index in [4.69, 9.17) is 34.8 Å². The van der Waals surface area contributed by atoms with E-state index in [0.29, 0.717) is 10.6 Å². The monoisotopic (exact) mass is 711 g/mol. The van der Waals surface area contributed by atoms with Crippen molar-refractivity contribution in [3.63, 3.8) is 0 Å². The zero-order valence-corrected chi connectivity index (χ0v) is 28.8. The van der Waals surface area contributed by atoms with Crippen LogP contribution in [-0.4, -0.2) is 43.8 Å². The third-order valence-corrected chi connectivity index (χ3v) is 10.8. The fraction of sp³-hybridized carbons (Fsp3) is 0.278. The smallest absolute Gasteiger partial charge is 0.264 e. The molecule has 0 bridgehead atoms. The third-order valence-electron chi connectivity index (χ3n) is 8.25. The molecule has 0 saturated heterocycles. The molecule has 0 spiro atoms. The Kier molecular flexibility index (Phi) is 11.9. The SMILES string of the molecule is O=C(NC1CCCCC1)[C@@H](Cc1ccccc1)N(Cc1cccc(Cl)c1)C(=O)CN(c1cc(Cl)ccc1Cl)S(=O)(=O)c1ccccc1. The molecule has 0 aromatic heterocycles. The molecule has 0 radical (unpaired) electrons. The molecule has 1 aliphatic carbocycles. The topological polar surface area (TPSA) is 86.8 Å². The molecule has 47 heavy (non-hydrogen) atoms. The molecule has 246 valence electrons. The number of carbonyl (C=O) groups is 2. The van der Waals surface area contributed by atoms with Gasteiger partial charge in [-0.05, 0) is 66.4 Å². The minimum Gasteiger partial charge on any atom is -0.352 e. The van der Waals surface area contributed by atoms with E-state index >= 15 is 0 Å². The molecule has 0 unspecified atom stereocenters. The van der Waals surface area contributed by atoms with Gasteiger partial charge in [-0.2, -0.15) is 0 Å². The quantitative estimate of drug-likeness (QED) is 0.162. The van der Waals surface area contributed by atoms with E-state index in [2.05, 4.69) is 5.32 Å². The summed E-state index contributed by atoms with van der Waals surface area (Å²) >= 11 is 19.2. The van der Waals surface area contributed by atoms with Crippen LogP contribution in [0.3, 0.4) is 0 Å². The molecule has 1 atom stereocenters. The Labute approximate surface area is 291 Å². The molecule has 5 rings (SSSR count). The van der Waals surface area contributed by atoms with E-state index in [-0.39, 0.29) is 45.5 Å². The van der Waals surface area contributed by atoms with Crippen LogP contribution >= 0.6 is 34.8 Å². The van der Waals surface area contributed by atoms with Crippen LogP contribution in [0.15, 0.2) is 108 Å². The molecule has 0 aliphatic heterocycles. The summed E-state index contributed by atoms with van der Waals surface area (Å²) < 4.78 is 29.3. The molecule has 4 aromatic rings. The summed E-state index contributed by atoms with van der Waals surface area (Å²) in [7, 11) is -4.31. The first-order valence-electron chi connectivity index (χ1n) is 15.5. The lowest BCUT2D eigenvalue weighted by Gasteiger charge is -2.35. The average Bonchev–Trinajstić information content (AvgIpc) is 3.07. The Balaban J connectivity index is 1.58. The van der Waals surface area contributed by atoms with Gasteiger partial charge in [-0.15, -0.1) is 0 Å². The summed E-state index contributed by atoms with van der Waals surface area (Å²) in [5.74, 6) is -0.894. The first-order valence-corrected chi connectivity index (χ1v) is 18.1. The van der Waals surface area contributed by atoms with Crippen molar-refractivity contribution >= 4 is 62.3 Å². The fourth-order valence-electron chi connectivity index (χ4n) is 5.84. The van der Waals surface area contributed by atoms with E-state index in [1.165, 1.54) is 29.2 Å². The number of anilines is 1. The van der Waals surface area contributed by atoms with Crippen LogP contribution in [0.1, 0.15) is 43.2 Å². The van der Waals surface area contributed by atoms with Gasteiger partial charge in [0.15, 0.2) is 0 Å². The van der Waals surface area contributed by atoms with Crippen molar-refractivity contribution < 1.29 is 18.0 Å². The third kappa shape index (κ3) is 9.08. The van der Waals surface area contributed by atoms with E-state index in [1.54, 1.807) is 42.5 Å². The van der Waals surface area contributed by atoms with Gasteiger partial charge < -0.3 is 10.2 Å². The van der Waals surface area contributed by atoms with Crippen molar-refractivity contribution in [1.82, 2.24) is 10.2 Å². The van der Waals surface area contributed by atoms with Gasteiger partial charge >= 0.3 is 0 Å². The second-order valence-electron chi connectivity index (χ2n) is 11.6. The lowest BCUT2D eigenvalue weighted by Crippen LogP contribution is -2.55. The van der Waals surface area contributed by atoms with Crippen LogP contribution in [-0.2, 0) is 32.6 Å². The molecule has 1 N–H and O–H groups in total. The van der Waals surface area contributed by atoms with Gasteiger partial charge in [-0.1, -0.05) is 115 Å². The molecule has 1 saturated carbocycles. The highest BCUT2D eigenvalue weighted by atomic mass is 35.5. The summed E-state index contributed by atoms with van der Waals surface area (Å²) in [5, 5.41) is 4.01. The van der Waals surface area contributed by atoms with Crippen molar-refractivity contribution in [1.29, 1.82) is 0 Å². The maximum atomic E-state index is 14.6. The minimum atomic E-state index is -4.31. The van der Waals surface area contributed by atoms with Crippen LogP contribution < -0.4 is 9.62 Å². The van der Waals surface area contributed by atoms with Crippen LogP contribution in [0.4, 0.5) is 5.69 Å². The molecule has 0 heterocycles. The normalized spacial score (nSPS) is 14.3. The van der Waals surface area contributed by atoms with Gasteiger partial charge in [-0.3, -0.25) is 13.9 Å². The maximum absolute atomic E-state index is 14.6. The number of hydrogen-bond donors (Lipinski definition) is 1. The number of nitrogens with zero attached hydrogens (tertiary/aromatic N) is 2. The lowest BCUT2D eigenvalue weighted by atomic mass is 9.94. The van der Waals surface area contributed by atoms with Crippen molar-refractivity contribution in [2.24, 2.45) is 0 Å². The van der Waals surface area contributed by atoms with Crippen LogP contribution in [0.25, 0.3) is 0 Å². The van der Waals surface area contributed by atoms with Crippen LogP contribution in [0, 0.1) is 0 Å². The number of nitrogens with one attached hydrogen (secondary N) is 1. The van der Waals surface area contributed by atoms with Crippen LogP contribution in [0.5, 0.6) is 0 Å². The van der Waals surface area contributed by atoms with Gasteiger partial charge in [0, 0.05) is 29.1 Å². The van der Waals surface area contributed by atoms with Crippen molar-refractivity contribution in [2.45, 2.75) is 62.0 Å². The molecule has 11 heteroatoms. The Morgan fingerprint density at radius 1 is 0.766 bits per heavy atom. The van der Waals surface area contributed by atoms with Crippen molar-refractivity contribution in [3.8, 4) is 0 Å². The lowest BCUT2D eigenvalue weighted by molar-refractivity contribution is -0.140. The number of hydrogen-bond acceptors (Lipinski definition) is 4. The summed E-state index contributed by atoms with van der Waals surface area (Å²) in [4.78, 5) is 30.3. The van der Waals surface area contributed by atoms with Gasteiger partial charge in [0.1, 0.15) is 12.6 Å². The highest BCUT2D eigenvalue weighted by Crippen LogP contribution is 2.33. The second kappa shape index (κ2) is 16.0. The Morgan fingerprint density at radius 3 is 2.09 bits per heavy atom. The summed E-state index contributed by atoms with van der Waals surface area (Å²) in [6, 6.07) is 27.8. The van der Waals surface area contributed by atoms with E-state index < -0.39 is 28.5 Å². The average molecular weight is 713 g/mol. The number of rotatable bonds is 12. The molecule has 7 nitrogen and oxygen atoms in total. The first kappa shape index (κ1) is 34.8. The van der Waals surface area contributed by atoms with Gasteiger partial charge in [-0.25, -0.2) is 8.42 Å². The maximum Gasteiger partial charge on any atom is 0.264 e. The van der Waals surface area contributed by atoms with Crippen molar-refractivity contribution in [2.75, 3.05) is 10.8 Å². The van der Waals surface area contributed by atoms with E-state index in [1.807, 2.05) is 36.4 Å². The Bertz CT molecular complexity index is 1790. The molecule has 1 aliphatic rings. The highest BCUT2D eigenvalue weighted by Gasteiger charge is 2.36. The molecular formula is C36H36Cl3N3O4S. The number of amides is 2. The summed E-state index contributed by atoms with van der Waals surface area (Å²) in [6.45, 7) is -0.628. The number of carbonyl (C=O) groups excluding carboxylic acids is 2. The van der Waals surface area contributed by atoms with Crippen LogP contribution in [0.2, 0.25) is 15.1 Å². The minimum absolute atomic E-state index is 0.00197. The number of halogens is 3. The summed E-state index contributed by atoms with van der Waals surface area (Å²) in [6.07, 6.45) is 5.11. The van der Waals surface area contributed by atoms with E-state index in [9.17, 15) is 18.0 Å². The molecular weight excluding hydrogens is 677 g/mol. The highest BCUT2D eigenvalue weighted by molar-refractivity contribution is 7.92. The fourth-order valence-corrected chi connectivity index (χ4v) is 7.94. The van der Waals surface area contributed by atoms with E-state index in [0.717, 1.165) is 42.0 Å². The van der Waals surface area contributed by atoms with Gasteiger partial charge in [0.25, 0.3) is 10.0 Å². The predicted octanol–water partition coefficient (Wildman–Crippen LogP) is 7.93. The zero-order valence-electron chi connectivity index (χ0n) is 25.7. The number of benzene rings is 4. The molecule has 1 fully saturated rings.